The molecule has 1 unspecified atom stereocenters. The normalized spacial score (nSPS) is 17.9. The molecule has 2 aromatic heterocycles. The molecule has 188 valence electrons. The molecule has 2 aromatic carbocycles. The van der Waals surface area contributed by atoms with E-state index in [9.17, 15) is 9.18 Å². The number of nitrogens with two attached hydrogens (primary N) is 1. The van der Waals surface area contributed by atoms with Crippen molar-refractivity contribution in [3.63, 3.8) is 0 Å². The summed E-state index contributed by atoms with van der Waals surface area (Å²) in [6.07, 6.45) is 6.37. The minimum absolute atomic E-state index is 0.181. The van der Waals surface area contributed by atoms with Gasteiger partial charge in [-0.1, -0.05) is 18.2 Å². The lowest BCUT2D eigenvalue weighted by molar-refractivity contribution is -0.129. The summed E-state index contributed by atoms with van der Waals surface area (Å²) in [5.41, 5.74) is 8.33. The van der Waals surface area contributed by atoms with Crippen molar-refractivity contribution in [1.29, 1.82) is 0 Å². The van der Waals surface area contributed by atoms with Gasteiger partial charge in [0.25, 0.3) is 5.91 Å². The predicted octanol–water partition coefficient (Wildman–Crippen LogP) is 5.12. The summed E-state index contributed by atoms with van der Waals surface area (Å²) in [5.74, 6) is 0.797. The second kappa shape index (κ2) is 9.65. The van der Waals surface area contributed by atoms with Crippen LogP contribution in [-0.2, 0) is 11.3 Å². The molecule has 2 fully saturated rings. The number of hydrogen-bond donors (Lipinski definition) is 1. The Morgan fingerprint density at radius 2 is 1.81 bits per heavy atom. The van der Waals surface area contributed by atoms with Crippen molar-refractivity contribution in [2.45, 2.75) is 38.3 Å². The van der Waals surface area contributed by atoms with E-state index in [1.54, 1.807) is 9.58 Å². The molecule has 1 saturated heterocycles. The van der Waals surface area contributed by atoms with Gasteiger partial charge in [-0.05, 0) is 74.1 Å². The molecule has 37 heavy (non-hydrogen) atoms. The first-order valence-corrected chi connectivity index (χ1v) is 12.6. The van der Waals surface area contributed by atoms with Gasteiger partial charge in [0.05, 0.1) is 18.0 Å². The minimum Gasteiger partial charge on any atom is -0.457 e. The van der Waals surface area contributed by atoms with Crippen LogP contribution in [-0.4, -0.2) is 43.1 Å². The molecule has 0 spiro atoms. The van der Waals surface area contributed by atoms with Crippen LogP contribution >= 0.6 is 0 Å². The number of anilines is 1. The Bertz CT molecular complexity index is 1460. The van der Waals surface area contributed by atoms with E-state index in [4.69, 9.17) is 15.6 Å². The van der Waals surface area contributed by atoms with Crippen LogP contribution in [0, 0.1) is 5.92 Å². The molecule has 3 heterocycles. The first-order valence-electron chi connectivity index (χ1n) is 12.6. The highest BCUT2D eigenvalue weighted by atomic mass is 19.1. The summed E-state index contributed by atoms with van der Waals surface area (Å²) in [6.45, 7) is 0.923. The van der Waals surface area contributed by atoms with Crippen LogP contribution in [0.25, 0.3) is 22.3 Å². The maximum absolute atomic E-state index is 14.6. The van der Waals surface area contributed by atoms with Crippen molar-refractivity contribution in [3.8, 4) is 22.8 Å². The van der Waals surface area contributed by atoms with Crippen LogP contribution in [0.1, 0.15) is 25.7 Å². The molecule has 6 rings (SSSR count). The van der Waals surface area contributed by atoms with Gasteiger partial charge in [-0.2, -0.15) is 5.10 Å². The second-order valence-electron chi connectivity index (χ2n) is 9.57. The van der Waals surface area contributed by atoms with Gasteiger partial charge in [0, 0.05) is 12.1 Å². The van der Waals surface area contributed by atoms with E-state index in [2.05, 4.69) is 9.97 Å². The summed E-state index contributed by atoms with van der Waals surface area (Å²) >= 11 is 0. The number of nitrogens with zero attached hydrogens (tertiary/aromatic N) is 5. The third kappa shape index (κ3) is 4.76. The number of fused-ring (bicyclic) bond motifs is 1. The topological polar surface area (TPSA) is 99.2 Å². The summed E-state index contributed by atoms with van der Waals surface area (Å²) in [7, 11) is 0. The van der Waals surface area contributed by atoms with Crippen molar-refractivity contribution in [2.75, 3.05) is 12.3 Å². The maximum atomic E-state index is 14.6. The van der Waals surface area contributed by atoms with Gasteiger partial charge in [0.1, 0.15) is 29.3 Å². The van der Waals surface area contributed by atoms with Crippen LogP contribution in [0.5, 0.6) is 11.5 Å². The second-order valence-corrected chi connectivity index (χ2v) is 9.57. The van der Waals surface area contributed by atoms with Gasteiger partial charge >= 0.3 is 0 Å². The van der Waals surface area contributed by atoms with Gasteiger partial charge in [0.2, 0.25) is 0 Å². The molecule has 1 saturated carbocycles. The molecule has 0 bridgehead atoms. The van der Waals surface area contributed by atoms with Crippen LogP contribution in [0.4, 0.5) is 10.2 Å². The highest BCUT2D eigenvalue weighted by Gasteiger charge is 2.33. The van der Waals surface area contributed by atoms with Gasteiger partial charge in [-0.25, -0.2) is 19.0 Å². The fourth-order valence-corrected chi connectivity index (χ4v) is 4.84. The van der Waals surface area contributed by atoms with Crippen LogP contribution in [0.2, 0.25) is 0 Å². The van der Waals surface area contributed by atoms with Crippen LogP contribution in [0.3, 0.4) is 0 Å². The van der Waals surface area contributed by atoms with Crippen LogP contribution in [0.15, 0.2) is 72.8 Å². The summed E-state index contributed by atoms with van der Waals surface area (Å²) in [6, 6.07) is 17.0. The molecule has 8 nitrogen and oxygen atoms in total. The number of halogens is 1. The first kappa shape index (κ1) is 23.1. The predicted molar refractivity (Wildman–Crippen MR) is 138 cm³/mol. The Kier molecular flexibility index (Phi) is 6.04. The maximum Gasteiger partial charge on any atom is 0.282 e. The SMILES string of the molecule is Nc1ncnc2c1c(-c1ccc(Oc3ccccc3)cc1)nn2CC1CCCN1C(=O)C(F)=CC1CC1. The summed E-state index contributed by atoms with van der Waals surface area (Å²) in [5, 5.41) is 5.49. The van der Waals surface area contributed by atoms with Crippen molar-refractivity contribution >= 4 is 22.8 Å². The Balaban J connectivity index is 1.28. The number of likely N-dealkylation sites (tertiary alicyclic amines) is 1. The molecule has 2 aliphatic rings. The summed E-state index contributed by atoms with van der Waals surface area (Å²) < 4.78 is 22.2. The molecule has 1 aliphatic carbocycles. The first-order chi connectivity index (χ1) is 18.1. The van der Waals surface area contributed by atoms with Crippen molar-refractivity contribution < 1.29 is 13.9 Å². The van der Waals surface area contributed by atoms with Crippen molar-refractivity contribution in [3.05, 3.63) is 72.8 Å². The molecule has 1 atom stereocenters. The van der Waals surface area contributed by atoms with E-state index < -0.39 is 11.7 Å². The Hall–Kier alpha value is -4.27. The number of benzene rings is 2. The Morgan fingerprint density at radius 1 is 1.05 bits per heavy atom. The highest BCUT2D eigenvalue weighted by molar-refractivity contribution is 5.98. The highest BCUT2D eigenvalue weighted by Crippen LogP contribution is 2.34. The molecule has 9 heteroatoms. The van der Waals surface area contributed by atoms with Gasteiger partial charge in [-0.3, -0.25) is 4.79 Å². The van der Waals surface area contributed by atoms with Crippen molar-refractivity contribution in [2.24, 2.45) is 5.92 Å². The average Bonchev–Trinajstić information content (AvgIpc) is 3.47. The van der Waals surface area contributed by atoms with E-state index >= 15 is 0 Å². The number of nitrogen functional groups attached to an aromatic ring is 1. The van der Waals surface area contributed by atoms with E-state index in [1.807, 2.05) is 54.6 Å². The number of carbonyl (C=O) groups excluding carboxylic acids is 1. The number of ether oxygens (including phenoxy) is 1. The van der Waals surface area contributed by atoms with E-state index in [-0.39, 0.29) is 12.0 Å². The van der Waals surface area contributed by atoms with Gasteiger partial charge in [-0.15, -0.1) is 0 Å². The number of rotatable bonds is 7. The monoisotopic (exact) mass is 498 g/mol. The number of carbonyl (C=O) groups is 1. The molecular formula is C28H27FN6O2. The van der Waals surface area contributed by atoms with E-state index in [0.717, 1.165) is 37.0 Å². The number of allylic oxidation sites excluding steroid dienone is 1. The molecule has 1 amide bonds. The van der Waals surface area contributed by atoms with E-state index in [1.165, 1.54) is 12.4 Å². The zero-order valence-electron chi connectivity index (χ0n) is 20.3. The largest absolute Gasteiger partial charge is 0.457 e. The number of para-hydroxylation sites is 1. The molecule has 0 radical (unpaired) electrons. The Labute approximate surface area is 213 Å². The van der Waals surface area contributed by atoms with Gasteiger partial charge < -0.3 is 15.4 Å². The zero-order chi connectivity index (χ0) is 25.4. The Morgan fingerprint density at radius 3 is 2.57 bits per heavy atom. The lowest BCUT2D eigenvalue weighted by Gasteiger charge is -2.24. The average molecular weight is 499 g/mol. The molecular weight excluding hydrogens is 471 g/mol. The third-order valence-corrected chi connectivity index (χ3v) is 6.90. The third-order valence-electron chi connectivity index (χ3n) is 6.90. The fraction of sp³-hybridized carbons (Fsp3) is 0.286. The molecule has 1 aliphatic heterocycles. The number of amides is 1. The zero-order valence-corrected chi connectivity index (χ0v) is 20.3. The fourth-order valence-electron chi connectivity index (χ4n) is 4.84. The smallest absolute Gasteiger partial charge is 0.282 e. The quantitative estimate of drug-likeness (QED) is 0.355. The number of hydrogen-bond acceptors (Lipinski definition) is 6. The lowest BCUT2D eigenvalue weighted by Crippen LogP contribution is -2.38. The number of aromatic nitrogens is 4. The summed E-state index contributed by atoms with van der Waals surface area (Å²) in [4.78, 5) is 23.1. The van der Waals surface area contributed by atoms with Crippen molar-refractivity contribution in [1.82, 2.24) is 24.6 Å². The molecule has 2 N–H and O–H groups in total. The molecule has 4 aromatic rings. The lowest BCUT2D eigenvalue weighted by atomic mass is 10.1. The van der Waals surface area contributed by atoms with Crippen LogP contribution < -0.4 is 10.5 Å². The van der Waals surface area contributed by atoms with Gasteiger partial charge in [0.15, 0.2) is 11.5 Å². The van der Waals surface area contributed by atoms with E-state index in [0.29, 0.717) is 41.4 Å². The standard InChI is InChI=1S/C28H27FN6O2/c29-23(15-18-8-9-18)28(36)34-14-4-5-20(34)16-35-27-24(26(30)31-17-32-27)25(33-35)19-10-12-22(13-11-19)37-21-6-2-1-3-7-21/h1-3,6-7,10-13,15,17-18,20H,4-5,8-9,14,16H2,(H2,30,31,32). The minimum atomic E-state index is -0.648.